The van der Waals surface area contributed by atoms with Gasteiger partial charge in [0.1, 0.15) is 0 Å². The second-order valence-electron chi connectivity index (χ2n) is 0. The summed E-state index contributed by atoms with van der Waals surface area (Å²) in [5, 5.41) is 0. The molecule has 0 heterocycles. The standard InChI is InChI=1S/Nd.9O.3V/q+3;9*-2;;;. The first-order chi connectivity index (χ1) is 0. The quantitative estimate of drug-likeness (QED) is 0.435. The summed E-state index contributed by atoms with van der Waals surface area (Å²) in [5.41, 5.74) is 0. The van der Waals surface area contributed by atoms with Gasteiger partial charge in [0.25, 0.3) is 0 Å². The number of hydrogen-bond acceptors (Lipinski definition) is 0. The van der Waals surface area contributed by atoms with Gasteiger partial charge in [-0.25, -0.2) is 0 Å². The molecule has 0 atom stereocenters. The third-order valence-corrected chi connectivity index (χ3v) is 0. The van der Waals surface area contributed by atoms with Crippen LogP contribution in [0.15, 0.2) is 0 Å². The van der Waals surface area contributed by atoms with E-state index in [4.69, 9.17) is 0 Å². The van der Waals surface area contributed by atoms with Crippen molar-refractivity contribution in [3.63, 3.8) is 0 Å². The molecule has 0 spiro atoms. The zero-order valence-electron chi connectivity index (χ0n) is 5.52. The van der Waals surface area contributed by atoms with Crippen molar-refractivity contribution in [1.82, 2.24) is 0 Å². The van der Waals surface area contributed by atoms with E-state index in [9.17, 15) is 0 Å². The van der Waals surface area contributed by atoms with Crippen molar-refractivity contribution in [1.29, 1.82) is 0 Å². The molecule has 0 N–H and O–H groups in total. The van der Waals surface area contributed by atoms with Crippen molar-refractivity contribution in [3.8, 4) is 0 Å². The Morgan fingerprint density at radius 3 is 0.231 bits per heavy atom. The minimum atomic E-state index is 0. The fraction of sp³-hybridized carbons (Fsp3) is 0. The van der Waals surface area contributed by atoms with Gasteiger partial charge in [0.05, 0.1) is 0 Å². The van der Waals surface area contributed by atoms with Crippen molar-refractivity contribution in [2.75, 3.05) is 0 Å². The Kier molecular flexibility index (Phi) is 12900. The number of hydrogen-bond donors (Lipinski definition) is 0. The Morgan fingerprint density at radius 2 is 0.231 bits per heavy atom. The van der Waals surface area contributed by atoms with Crippen LogP contribution in [0.25, 0.3) is 0 Å². The zero-order valence-corrected chi connectivity index (χ0v) is 12.9. The van der Waals surface area contributed by atoms with Crippen molar-refractivity contribution in [3.05, 3.63) is 0 Å². The SMILES string of the molecule is [Nd+3].[O-2].[O-2].[O-2].[O-2].[O-2].[O-2].[O-2].[O-2].[O-2].[V].[V].[V]. The molecule has 0 saturated heterocycles. The molecule has 0 fully saturated rings. The summed E-state index contributed by atoms with van der Waals surface area (Å²) in [5.74, 6) is 0. The molecule has 0 aromatic heterocycles. The maximum atomic E-state index is 0. The first kappa shape index (κ1) is 455. The van der Waals surface area contributed by atoms with Crippen molar-refractivity contribution < 1.29 is 146 Å². The molecule has 0 aliphatic carbocycles. The summed E-state index contributed by atoms with van der Waals surface area (Å²) in [4.78, 5) is 0. The molecule has 0 aliphatic rings. The van der Waals surface area contributed by atoms with E-state index in [0.29, 0.717) is 0 Å². The molecule has 4 radical (unpaired) electrons. The summed E-state index contributed by atoms with van der Waals surface area (Å²) in [6.07, 6.45) is 0. The Bertz CT molecular complexity index is 14.8. The third-order valence-electron chi connectivity index (χ3n) is 0. The first-order valence-corrected chi connectivity index (χ1v) is 0. The van der Waals surface area contributed by atoms with E-state index in [0.717, 1.165) is 0 Å². The minimum absolute atomic E-state index is 0. The van der Waals surface area contributed by atoms with E-state index in [-0.39, 0.29) is 146 Å². The van der Waals surface area contributed by atoms with Crippen LogP contribution >= 0.6 is 0 Å². The fourth-order valence-corrected chi connectivity index (χ4v) is 0. The van der Waals surface area contributed by atoms with Crippen molar-refractivity contribution in [2.45, 2.75) is 0 Å². The summed E-state index contributed by atoms with van der Waals surface area (Å²) in [7, 11) is 0. The molecule has 0 unspecified atom stereocenters. The molecule has 0 aliphatic heterocycles. The molecule has 0 saturated carbocycles. The summed E-state index contributed by atoms with van der Waals surface area (Å²) in [6.45, 7) is 0. The minimum Gasteiger partial charge on any atom is -2.00 e. The van der Waals surface area contributed by atoms with Gasteiger partial charge in [0.2, 0.25) is 0 Å². The van der Waals surface area contributed by atoms with Gasteiger partial charge in [-0.3, -0.25) is 0 Å². The summed E-state index contributed by atoms with van der Waals surface area (Å²) in [6, 6.07) is 0. The van der Waals surface area contributed by atoms with Crippen LogP contribution in [0.3, 0.4) is 0 Å². The Morgan fingerprint density at radius 1 is 0.231 bits per heavy atom. The van der Waals surface area contributed by atoms with Crippen LogP contribution < -0.4 is 0 Å². The molecule has 0 aromatic rings. The summed E-state index contributed by atoms with van der Waals surface area (Å²) < 4.78 is 0. The van der Waals surface area contributed by atoms with Crippen LogP contribution in [0.1, 0.15) is 0 Å². The van der Waals surface area contributed by atoms with Crippen LogP contribution in [0.2, 0.25) is 0 Å². The van der Waals surface area contributed by atoms with Crippen molar-refractivity contribution in [2.24, 2.45) is 0 Å². The average molecular weight is 441 g/mol. The van der Waals surface area contributed by atoms with E-state index in [1.54, 1.807) is 0 Å². The second-order valence-corrected chi connectivity index (χ2v) is 0. The Hall–Kier alpha value is 2.74. The van der Waals surface area contributed by atoms with Crippen LogP contribution in [0.4, 0.5) is 0 Å². The van der Waals surface area contributed by atoms with Crippen LogP contribution in [0, 0.1) is 40.8 Å². The molecule has 13 heavy (non-hydrogen) atoms. The fourth-order valence-electron chi connectivity index (χ4n) is 0. The van der Waals surface area contributed by atoms with Crippen LogP contribution in [-0.2, 0) is 105 Å². The maximum absolute atomic E-state index is 0. The first-order valence-electron chi connectivity index (χ1n) is 0. The molecule has 88 valence electrons. The van der Waals surface area contributed by atoms with E-state index in [1.165, 1.54) is 0 Å². The molecule has 0 bridgehead atoms. The average Bonchev–Trinajstić information content (AvgIpc) is 0. The molecule has 0 rings (SSSR count). The van der Waals surface area contributed by atoms with Gasteiger partial charge in [0.15, 0.2) is 0 Å². The topological polar surface area (TPSA) is 256 Å². The van der Waals surface area contributed by atoms with Crippen molar-refractivity contribution >= 4 is 0 Å². The normalized spacial score (nSPS) is 0. The predicted molar refractivity (Wildman–Crippen MR) is 6.18 cm³/mol. The molecule has 0 aromatic carbocycles. The van der Waals surface area contributed by atoms with Gasteiger partial charge in [-0.05, 0) is 0 Å². The molecule has 9 nitrogen and oxygen atoms in total. The molecular formula is NdO9V3-15. The Labute approximate surface area is 144 Å². The van der Waals surface area contributed by atoms with Gasteiger partial charge in [0, 0.05) is 55.7 Å². The van der Waals surface area contributed by atoms with Crippen LogP contribution in [0.5, 0.6) is 0 Å². The molecule has 13 heteroatoms. The molecular weight excluding hydrogens is 441 g/mol. The van der Waals surface area contributed by atoms with E-state index in [2.05, 4.69) is 0 Å². The van der Waals surface area contributed by atoms with Gasteiger partial charge < -0.3 is 49.3 Å². The third kappa shape index (κ3) is 318. The van der Waals surface area contributed by atoms with Crippen LogP contribution in [-0.4, -0.2) is 0 Å². The molecule has 0 amide bonds. The predicted octanol–water partition coefficient (Wildman–Crippen LogP) is -1.08. The largest absolute Gasteiger partial charge is 3.00 e. The van der Waals surface area contributed by atoms with E-state index < -0.39 is 0 Å². The van der Waals surface area contributed by atoms with E-state index >= 15 is 0 Å². The second kappa shape index (κ2) is 370. The monoisotopic (exact) mass is 439 g/mol. The van der Waals surface area contributed by atoms with E-state index in [1.807, 2.05) is 0 Å². The summed E-state index contributed by atoms with van der Waals surface area (Å²) >= 11 is 0. The smallest absolute Gasteiger partial charge is 2.00 e. The van der Waals surface area contributed by atoms with Gasteiger partial charge in [-0.1, -0.05) is 0 Å². The van der Waals surface area contributed by atoms with Gasteiger partial charge >= 0.3 is 40.8 Å². The Balaban J connectivity index is 0. The maximum Gasteiger partial charge on any atom is 3.00 e. The zero-order chi connectivity index (χ0) is 0. The van der Waals surface area contributed by atoms with Gasteiger partial charge in [-0.2, -0.15) is 0 Å². The van der Waals surface area contributed by atoms with Gasteiger partial charge in [-0.15, -0.1) is 0 Å². The number of rotatable bonds is 0.